The molecule has 1 atom stereocenters. The molecule has 0 heterocycles. The second kappa shape index (κ2) is 9.61. The number of halogens is 3. The molecule has 0 aliphatic rings. The number of hydrogen-bond acceptors (Lipinski definition) is 1. The van der Waals surface area contributed by atoms with Crippen LogP contribution in [0.2, 0.25) is 0 Å². The van der Waals surface area contributed by atoms with Gasteiger partial charge < -0.3 is 4.74 Å². The largest absolute Gasteiger partial charge is 0.395 e. The summed E-state index contributed by atoms with van der Waals surface area (Å²) >= 11 is 0. The van der Waals surface area contributed by atoms with Crippen LogP contribution in [0.4, 0.5) is 13.2 Å². The summed E-state index contributed by atoms with van der Waals surface area (Å²) in [5.41, 5.74) is 1.07. The number of hydrogen-bond donors (Lipinski definition) is 0. The summed E-state index contributed by atoms with van der Waals surface area (Å²) in [6, 6.07) is 9.71. The van der Waals surface area contributed by atoms with Gasteiger partial charge in [0, 0.05) is 0 Å². The minimum Gasteiger partial charge on any atom is -0.376 e. The molecule has 0 fully saturated rings. The first-order chi connectivity index (χ1) is 10.0. The first-order valence-electron chi connectivity index (χ1n) is 7.39. The van der Waals surface area contributed by atoms with E-state index in [1.807, 2.05) is 37.3 Å². The fourth-order valence-electron chi connectivity index (χ4n) is 1.97. The van der Waals surface area contributed by atoms with Crippen molar-refractivity contribution in [1.29, 1.82) is 0 Å². The monoisotopic (exact) mass is 300 g/mol. The number of ether oxygens (including phenoxy) is 1. The molecule has 1 nitrogen and oxygen atoms in total. The molecule has 0 bridgehead atoms. The number of allylic oxidation sites excluding steroid dienone is 1. The molecule has 0 aliphatic heterocycles. The number of unbranched alkanes of at least 4 members (excludes halogenated alkanes) is 1. The van der Waals surface area contributed by atoms with Crippen LogP contribution in [-0.2, 0) is 11.3 Å². The van der Waals surface area contributed by atoms with Crippen molar-refractivity contribution in [3.05, 3.63) is 48.0 Å². The third-order valence-corrected chi connectivity index (χ3v) is 3.20. The van der Waals surface area contributed by atoms with Crippen LogP contribution in [0.5, 0.6) is 0 Å². The van der Waals surface area contributed by atoms with Gasteiger partial charge in [0.15, 0.2) is 0 Å². The molecular weight excluding hydrogens is 277 g/mol. The Hall–Kier alpha value is -1.29. The Kier molecular flexibility index (Phi) is 8.13. The quantitative estimate of drug-likeness (QED) is 0.431. The van der Waals surface area contributed by atoms with Crippen LogP contribution < -0.4 is 0 Å². The first-order valence-corrected chi connectivity index (χ1v) is 7.39. The summed E-state index contributed by atoms with van der Waals surface area (Å²) in [7, 11) is 0. The summed E-state index contributed by atoms with van der Waals surface area (Å²) in [5, 5.41) is 0. The predicted octanol–water partition coefficient (Wildman–Crippen LogP) is 5.52. The van der Waals surface area contributed by atoms with Gasteiger partial charge in [-0.15, -0.1) is 0 Å². The molecule has 0 saturated carbocycles. The van der Waals surface area contributed by atoms with Crippen molar-refractivity contribution in [2.24, 2.45) is 5.92 Å². The highest BCUT2D eigenvalue weighted by Crippen LogP contribution is 2.31. The number of benzene rings is 1. The normalized spacial score (nSPS) is 13.7. The third kappa shape index (κ3) is 7.90. The van der Waals surface area contributed by atoms with Gasteiger partial charge in [0.05, 0.1) is 19.1 Å². The molecular formula is C17H23F3O. The van der Waals surface area contributed by atoms with Crippen LogP contribution in [0.1, 0.15) is 38.2 Å². The number of alkyl halides is 3. The Morgan fingerprint density at radius 2 is 1.90 bits per heavy atom. The van der Waals surface area contributed by atoms with Gasteiger partial charge in [-0.3, -0.25) is 0 Å². The number of rotatable bonds is 9. The van der Waals surface area contributed by atoms with Crippen molar-refractivity contribution < 1.29 is 17.9 Å². The highest BCUT2D eigenvalue weighted by atomic mass is 19.4. The molecule has 21 heavy (non-hydrogen) atoms. The van der Waals surface area contributed by atoms with Crippen LogP contribution in [0.3, 0.4) is 0 Å². The Labute approximate surface area is 124 Å². The summed E-state index contributed by atoms with van der Waals surface area (Å²) < 4.78 is 43.7. The lowest BCUT2D eigenvalue weighted by molar-refractivity contribution is -0.162. The van der Waals surface area contributed by atoms with E-state index in [0.717, 1.165) is 12.0 Å². The van der Waals surface area contributed by atoms with Gasteiger partial charge in [0.1, 0.15) is 0 Å². The molecule has 0 aromatic heterocycles. The van der Waals surface area contributed by atoms with E-state index < -0.39 is 12.1 Å². The van der Waals surface area contributed by atoms with Crippen LogP contribution in [0, 0.1) is 5.92 Å². The van der Waals surface area contributed by atoms with E-state index in [1.165, 1.54) is 6.08 Å². The lowest BCUT2D eigenvalue weighted by Crippen LogP contribution is -2.20. The van der Waals surface area contributed by atoms with Crippen LogP contribution in [-0.4, -0.2) is 12.8 Å². The van der Waals surface area contributed by atoms with E-state index in [9.17, 15) is 13.2 Å². The fraction of sp³-hybridized carbons (Fsp3) is 0.529. The van der Waals surface area contributed by atoms with Crippen LogP contribution in [0.25, 0.3) is 0 Å². The van der Waals surface area contributed by atoms with Crippen molar-refractivity contribution >= 4 is 0 Å². The SMILES string of the molecule is CCCCC(/C=C/CCOCc1ccccc1)C(F)(F)F. The van der Waals surface area contributed by atoms with E-state index in [1.54, 1.807) is 6.08 Å². The minimum atomic E-state index is -4.14. The van der Waals surface area contributed by atoms with Gasteiger partial charge in [-0.2, -0.15) is 13.2 Å². The van der Waals surface area contributed by atoms with E-state index in [2.05, 4.69) is 0 Å². The lowest BCUT2D eigenvalue weighted by atomic mass is 10.0. The Balaban J connectivity index is 2.25. The zero-order valence-electron chi connectivity index (χ0n) is 12.4. The van der Waals surface area contributed by atoms with Gasteiger partial charge in [-0.25, -0.2) is 0 Å². The topological polar surface area (TPSA) is 9.23 Å². The molecule has 1 aromatic carbocycles. The predicted molar refractivity (Wildman–Crippen MR) is 78.9 cm³/mol. The van der Waals surface area contributed by atoms with E-state index in [4.69, 9.17) is 4.74 Å². The average Bonchev–Trinajstić information content (AvgIpc) is 2.45. The first kappa shape index (κ1) is 17.8. The standard InChI is InChI=1S/C17H23F3O/c1-2-3-11-16(17(18,19)20)12-7-8-13-21-14-15-9-5-4-6-10-15/h4-7,9-10,12,16H,2-3,8,11,13-14H2,1H3/b12-7+. The van der Waals surface area contributed by atoms with E-state index in [-0.39, 0.29) is 6.42 Å². The van der Waals surface area contributed by atoms with Gasteiger partial charge in [-0.1, -0.05) is 62.2 Å². The zero-order valence-corrected chi connectivity index (χ0v) is 12.4. The maximum atomic E-state index is 12.8. The second-order valence-electron chi connectivity index (χ2n) is 5.05. The van der Waals surface area contributed by atoms with Crippen molar-refractivity contribution in [1.82, 2.24) is 0 Å². The summed E-state index contributed by atoms with van der Waals surface area (Å²) in [4.78, 5) is 0. The minimum absolute atomic E-state index is 0.168. The maximum Gasteiger partial charge on any atom is 0.395 e. The van der Waals surface area contributed by atoms with E-state index >= 15 is 0 Å². The van der Waals surface area contributed by atoms with Crippen LogP contribution in [0.15, 0.2) is 42.5 Å². The van der Waals surface area contributed by atoms with Crippen molar-refractivity contribution in [2.75, 3.05) is 6.61 Å². The molecule has 1 unspecified atom stereocenters. The molecule has 1 aromatic rings. The van der Waals surface area contributed by atoms with Gasteiger partial charge in [0.25, 0.3) is 0 Å². The molecule has 1 rings (SSSR count). The molecule has 0 radical (unpaired) electrons. The maximum absolute atomic E-state index is 12.8. The molecule has 0 N–H and O–H groups in total. The van der Waals surface area contributed by atoms with E-state index in [0.29, 0.717) is 26.1 Å². The third-order valence-electron chi connectivity index (χ3n) is 3.20. The molecule has 0 saturated heterocycles. The lowest BCUT2D eigenvalue weighted by Gasteiger charge is -2.16. The highest BCUT2D eigenvalue weighted by Gasteiger charge is 2.36. The molecule has 4 heteroatoms. The molecule has 0 aliphatic carbocycles. The fourth-order valence-corrected chi connectivity index (χ4v) is 1.97. The second-order valence-corrected chi connectivity index (χ2v) is 5.05. The zero-order chi connectivity index (χ0) is 15.6. The molecule has 118 valence electrons. The Morgan fingerprint density at radius 1 is 1.19 bits per heavy atom. The van der Waals surface area contributed by atoms with Gasteiger partial charge >= 0.3 is 6.18 Å². The van der Waals surface area contributed by atoms with Gasteiger partial charge in [0.2, 0.25) is 0 Å². The average molecular weight is 300 g/mol. The van der Waals surface area contributed by atoms with Crippen molar-refractivity contribution in [2.45, 2.75) is 45.4 Å². The van der Waals surface area contributed by atoms with Crippen molar-refractivity contribution in [3.8, 4) is 0 Å². The Morgan fingerprint density at radius 3 is 2.52 bits per heavy atom. The molecule has 0 amide bonds. The summed E-state index contributed by atoms with van der Waals surface area (Å²) in [6.45, 7) is 2.82. The summed E-state index contributed by atoms with van der Waals surface area (Å²) in [5.74, 6) is -1.33. The van der Waals surface area contributed by atoms with Crippen LogP contribution >= 0.6 is 0 Å². The highest BCUT2D eigenvalue weighted by molar-refractivity contribution is 5.13. The van der Waals surface area contributed by atoms with Crippen molar-refractivity contribution in [3.63, 3.8) is 0 Å². The van der Waals surface area contributed by atoms with Gasteiger partial charge in [-0.05, 0) is 18.4 Å². The smallest absolute Gasteiger partial charge is 0.376 e. The molecule has 0 spiro atoms. The summed E-state index contributed by atoms with van der Waals surface area (Å²) in [6.07, 6.45) is 0.767. The Bertz CT molecular complexity index is 398.